The van der Waals surface area contributed by atoms with E-state index in [-0.39, 0.29) is 12.6 Å². The predicted molar refractivity (Wildman–Crippen MR) is 134 cm³/mol. The summed E-state index contributed by atoms with van der Waals surface area (Å²) in [5.74, 6) is 0. The van der Waals surface area contributed by atoms with E-state index in [2.05, 4.69) is 62.2 Å². The first kappa shape index (κ1) is 21.5. The van der Waals surface area contributed by atoms with Crippen molar-refractivity contribution in [3.63, 3.8) is 0 Å². The highest BCUT2D eigenvalue weighted by Gasteiger charge is 2.29. The van der Waals surface area contributed by atoms with Gasteiger partial charge in [0.05, 0.1) is 18.1 Å². The van der Waals surface area contributed by atoms with Gasteiger partial charge in [0.1, 0.15) is 6.54 Å². The molecule has 0 amide bonds. The molecule has 0 aliphatic carbocycles. The number of nitroso groups, excluding NO2 is 1. The number of nitrogens with zero attached hydrogens (tertiary/aromatic N) is 6. The molecule has 3 aromatic heterocycles. The molecule has 0 bridgehead atoms. The van der Waals surface area contributed by atoms with Gasteiger partial charge in [-0.15, -0.1) is 5.10 Å². The van der Waals surface area contributed by atoms with Crippen LogP contribution < -0.4 is 5.32 Å². The van der Waals surface area contributed by atoms with Crippen molar-refractivity contribution in [2.24, 2.45) is 12.2 Å². The SMILES string of the molecule is CC.Cn1cc2c3c(c(CN=O)nnc31)-c1ccccc1NC2c1ccc(-n2ccnc2)cc1. The van der Waals surface area contributed by atoms with Crippen LogP contribution in [0.15, 0.2) is 78.6 Å². The molecule has 0 fully saturated rings. The van der Waals surface area contributed by atoms with E-state index in [1.165, 1.54) is 0 Å². The van der Waals surface area contributed by atoms with Crippen molar-refractivity contribution in [1.29, 1.82) is 0 Å². The molecule has 1 atom stereocenters. The highest BCUT2D eigenvalue weighted by atomic mass is 16.3. The number of nitrogens with one attached hydrogen (secondary N) is 1. The van der Waals surface area contributed by atoms with Crippen LogP contribution in [0.5, 0.6) is 0 Å². The molecule has 1 aliphatic heterocycles. The fourth-order valence-electron chi connectivity index (χ4n) is 4.57. The molecule has 1 N–H and O–H groups in total. The van der Waals surface area contributed by atoms with Crippen molar-refractivity contribution < 1.29 is 0 Å². The number of hydrogen-bond acceptors (Lipinski definition) is 6. The summed E-state index contributed by atoms with van der Waals surface area (Å²) < 4.78 is 3.96. The number of aryl methyl sites for hydroxylation is 1. The molecule has 5 aromatic rings. The van der Waals surface area contributed by atoms with Crippen LogP contribution in [0, 0.1) is 4.91 Å². The number of anilines is 1. The van der Waals surface area contributed by atoms with Gasteiger partial charge in [-0.05, 0) is 23.8 Å². The second-order valence-corrected chi connectivity index (χ2v) is 7.89. The summed E-state index contributed by atoms with van der Waals surface area (Å²) in [7, 11) is 1.97. The Bertz CT molecular complexity index is 1450. The fourth-order valence-corrected chi connectivity index (χ4v) is 4.57. The molecule has 34 heavy (non-hydrogen) atoms. The van der Waals surface area contributed by atoms with E-state index in [9.17, 15) is 4.91 Å². The van der Waals surface area contributed by atoms with E-state index in [4.69, 9.17) is 0 Å². The smallest absolute Gasteiger partial charge is 0.163 e. The van der Waals surface area contributed by atoms with E-state index >= 15 is 0 Å². The summed E-state index contributed by atoms with van der Waals surface area (Å²) in [5.41, 5.74) is 7.53. The molecule has 0 radical (unpaired) electrons. The van der Waals surface area contributed by atoms with Crippen LogP contribution in [0.2, 0.25) is 0 Å². The normalized spacial score (nSPS) is 13.9. The van der Waals surface area contributed by atoms with E-state index in [1.54, 1.807) is 12.5 Å². The lowest BCUT2D eigenvalue weighted by molar-refractivity contribution is 0.869. The highest BCUT2D eigenvalue weighted by molar-refractivity contribution is 6.02. The van der Waals surface area contributed by atoms with Gasteiger partial charge in [-0.25, -0.2) is 4.98 Å². The molecular weight excluding hydrogens is 426 g/mol. The van der Waals surface area contributed by atoms with Gasteiger partial charge < -0.3 is 14.5 Å². The predicted octanol–water partition coefficient (Wildman–Crippen LogP) is 5.63. The standard InChI is InChI=1S/C24H19N7O.C2H6/c1-30-13-18-22-21(20(12-26-32)28-29-24(22)30)17-4-2-3-5-19(17)27-23(18)15-6-8-16(9-7-15)31-11-10-25-14-31;1-2/h2-11,13-14,23,27H,12H2,1H3;1-2H3. The van der Waals surface area contributed by atoms with Crippen LogP contribution in [0.1, 0.15) is 36.7 Å². The summed E-state index contributed by atoms with van der Waals surface area (Å²) >= 11 is 0. The van der Waals surface area contributed by atoms with Crippen LogP contribution in [0.4, 0.5) is 5.69 Å². The Morgan fingerprint density at radius 2 is 1.85 bits per heavy atom. The van der Waals surface area contributed by atoms with Gasteiger partial charge in [0.2, 0.25) is 0 Å². The number of para-hydroxylation sites is 1. The highest BCUT2D eigenvalue weighted by Crippen LogP contribution is 2.45. The van der Waals surface area contributed by atoms with Crippen molar-refractivity contribution in [2.45, 2.75) is 26.4 Å². The summed E-state index contributed by atoms with van der Waals surface area (Å²) in [6.45, 7) is 3.98. The zero-order valence-corrected chi connectivity index (χ0v) is 19.3. The van der Waals surface area contributed by atoms with Crippen LogP contribution in [0.25, 0.3) is 27.8 Å². The molecule has 0 saturated heterocycles. The van der Waals surface area contributed by atoms with Crippen molar-refractivity contribution in [3.05, 3.63) is 95.2 Å². The molecule has 8 heteroatoms. The molecule has 2 aromatic carbocycles. The Balaban J connectivity index is 0.00000117. The Kier molecular flexibility index (Phi) is 5.63. The maximum Gasteiger partial charge on any atom is 0.163 e. The lowest BCUT2D eigenvalue weighted by Crippen LogP contribution is -2.11. The average molecular weight is 452 g/mol. The lowest BCUT2D eigenvalue weighted by atomic mass is 9.95. The maximum absolute atomic E-state index is 11.2. The molecule has 0 saturated carbocycles. The van der Waals surface area contributed by atoms with Crippen molar-refractivity contribution in [2.75, 3.05) is 5.32 Å². The third-order valence-electron chi connectivity index (χ3n) is 6.03. The molecule has 6 rings (SSSR count). The minimum atomic E-state index is -0.0980. The van der Waals surface area contributed by atoms with Gasteiger partial charge >= 0.3 is 0 Å². The van der Waals surface area contributed by atoms with Gasteiger partial charge in [0.15, 0.2) is 5.65 Å². The quantitative estimate of drug-likeness (QED) is 0.358. The fraction of sp³-hybridized carbons (Fsp3) is 0.192. The second-order valence-electron chi connectivity index (χ2n) is 7.89. The first-order valence-electron chi connectivity index (χ1n) is 11.3. The number of aromatic nitrogens is 5. The first-order valence-corrected chi connectivity index (χ1v) is 11.3. The number of imidazole rings is 1. The molecule has 170 valence electrons. The van der Waals surface area contributed by atoms with E-state index in [0.29, 0.717) is 5.69 Å². The summed E-state index contributed by atoms with van der Waals surface area (Å²) in [6, 6.07) is 16.4. The minimum Gasteiger partial charge on any atom is -0.374 e. The van der Waals surface area contributed by atoms with Crippen LogP contribution in [0.3, 0.4) is 0 Å². The monoisotopic (exact) mass is 451 g/mol. The van der Waals surface area contributed by atoms with E-state index < -0.39 is 0 Å². The number of hydrogen-bond donors (Lipinski definition) is 1. The number of fused-ring (bicyclic) bond motifs is 2. The summed E-state index contributed by atoms with van der Waals surface area (Å²) in [6.07, 6.45) is 7.57. The number of rotatable bonds is 4. The molecule has 8 nitrogen and oxygen atoms in total. The van der Waals surface area contributed by atoms with E-state index in [0.717, 1.165) is 44.7 Å². The Labute approximate surface area is 197 Å². The summed E-state index contributed by atoms with van der Waals surface area (Å²) in [4.78, 5) is 15.3. The molecule has 0 spiro atoms. The van der Waals surface area contributed by atoms with Gasteiger partial charge in [0, 0.05) is 59.1 Å². The second kappa shape index (κ2) is 8.90. The third kappa shape index (κ3) is 3.44. The van der Waals surface area contributed by atoms with Crippen LogP contribution in [-0.4, -0.2) is 24.3 Å². The van der Waals surface area contributed by atoms with E-state index in [1.807, 2.05) is 54.4 Å². The van der Waals surface area contributed by atoms with Gasteiger partial charge in [-0.1, -0.05) is 49.4 Å². The van der Waals surface area contributed by atoms with Gasteiger partial charge in [-0.3, -0.25) is 0 Å². The molecular formula is C26H25N7O. The van der Waals surface area contributed by atoms with Crippen molar-refractivity contribution >= 4 is 16.7 Å². The topological polar surface area (TPSA) is 90.0 Å². The lowest BCUT2D eigenvalue weighted by Gasteiger charge is -2.20. The Morgan fingerprint density at radius 3 is 2.59 bits per heavy atom. The Morgan fingerprint density at radius 1 is 1.06 bits per heavy atom. The number of benzene rings is 2. The van der Waals surface area contributed by atoms with Crippen LogP contribution in [-0.2, 0) is 13.6 Å². The maximum atomic E-state index is 11.2. The molecule has 1 aliphatic rings. The van der Waals surface area contributed by atoms with Gasteiger partial charge in [-0.2, -0.15) is 10.0 Å². The zero-order valence-electron chi connectivity index (χ0n) is 19.3. The van der Waals surface area contributed by atoms with Crippen LogP contribution >= 0.6 is 0 Å². The first-order chi connectivity index (χ1) is 16.7. The minimum absolute atomic E-state index is 0.0226. The Hall–Kier alpha value is -4.33. The van der Waals surface area contributed by atoms with Crippen molar-refractivity contribution in [3.8, 4) is 16.8 Å². The molecule has 4 heterocycles. The van der Waals surface area contributed by atoms with Gasteiger partial charge in [0.25, 0.3) is 0 Å². The average Bonchev–Trinajstić information content (AvgIpc) is 3.50. The zero-order chi connectivity index (χ0) is 23.7. The summed E-state index contributed by atoms with van der Waals surface area (Å²) in [5, 5.41) is 16.6. The third-order valence-corrected chi connectivity index (χ3v) is 6.03. The van der Waals surface area contributed by atoms with Crippen molar-refractivity contribution in [1.82, 2.24) is 24.3 Å². The largest absolute Gasteiger partial charge is 0.374 e. The molecule has 1 unspecified atom stereocenters.